The highest BCUT2D eigenvalue weighted by atomic mass is 32.2. The molecule has 0 spiro atoms. The predicted octanol–water partition coefficient (Wildman–Crippen LogP) is 0.513. The van der Waals surface area contributed by atoms with Crippen molar-refractivity contribution in [3.63, 3.8) is 0 Å². The summed E-state index contributed by atoms with van der Waals surface area (Å²) in [7, 11) is -3.13. The van der Waals surface area contributed by atoms with Crippen LogP contribution in [0, 0.1) is 11.8 Å². The molecular formula is C7H10O3S. The van der Waals surface area contributed by atoms with Crippen molar-refractivity contribution in [2.45, 2.75) is 30.6 Å². The summed E-state index contributed by atoms with van der Waals surface area (Å²) in [5.41, 5.74) is 0. The quantitative estimate of drug-likeness (QED) is 0.503. The fourth-order valence-electron chi connectivity index (χ4n) is 2.91. The maximum Gasteiger partial charge on any atom is 0.270 e. The molecule has 1 heterocycles. The second-order valence-corrected chi connectivity index (χ2v) is 5.69. The van der Waals surface area contributed by atoms with Crippen LogP contribution in [0.1, 0.15) is 19.3 Å². The van der Waals surface area contributed by atoms with Crippen molar-refractivity contribution >= 4 is 10.1 Å². The zero-order valence-electron chi connectivity index (χ0n) is 6.06. The molecular weight excluding hydrogens is 164 g/mol. The van der Waals surface area contributed by atoms with Crippen LogP contribution in [0.2, 0.25) is 0 Å². The third-order valence-corrected chi connectivity index (χ3v) is 5.12. The summed E-state index contributed by atoms with van der Waals surface area (Å²) >= 11 is 0. The van der Waals surface area contributed by atoms with Gasteiger partial charge in [-0.1, -0.05) is 0 Å². The molecule has 2 saturated carbocycles. The van der Waals surface area contributed by atoms with E-state index >= 15 is 0 Å². The molecule has 1 aliphatic heterocycles. The van der Waals surface area contributed by atoms with Gasteiger partial charge in [0.2, 0.25) is 0 Å². The lowest BCUT2D eigenvalue weighted by Gasteiger charge is -2.11. The number of rotatable bonds is 0. The van der Waals surface area contributed by atoms with Gasteiger partial charge in [0, 0.05) is 5.92 Å². The van der Waals surface area contributed by atoms with Crippen molar-refractivity contribution < 1.29 is 12.6 Å². The van der Waals surface area contributed by atoms with Crippen molar-refractivity contribution in [3.8, 4) is 0 Å². The van der Waals surface area contributed by atoms with Crippen LogP contribution in [0.25, 0.3) is 0 Å². The molecule has 3 nitrogen and oxygen atoms in total. The summed E-state index contributed by atoms with van der Waals surface area (Å²) in [6, 6.07) is 0. The van der Waals surface area contributed by atoms with Crippen LogP contribution in [-0.2, 0) is 14.3 Å². The average Bonchev–Trinajstić information content (AvgIpc) is 2.44. The Morgan fingerprint density at radius 3 is 2.55 bits per heavy atom. The Morgan fingerprint density at radius 2 is 2.00 bits per heavy atom. The largest absolute Gasteiger partial charge is 0.270 e. The van der Waals surface area contributed by atoms with Crippen molar-refractivity contribution in [1.29, 1.82) is 0 Å². The van der Waals surface area contributed by atoms with E-state index in [0.29, 0.717) is 11.8 Å². The SMILES string of the molecule is O=S1(=O)OC2C[C@H]3CC2C1C3. The van der Waals surface area contributed by atoms with Gasteiger partial charge < -0.3 is 0 Å². The topological polar surface area (TPSA) is 43.4 Å². The monoisotopic (exact) mass is 174 g/mol. The first-order chi connectivity index (χ1) is 5.17. The lowest BCUT2D eigenvalue weighted by atomic mass is 9.98. The molecule has 3 unspecified atom stereocenters. The zero-order chi connectivity index (χ0) is 7.64. The summed E-state index contributed by atoms with van der Waals surface area (Å²) in [6.07, 6.45) is 3.00. The number of fused-ring (bicyclic) bond motifs is 1. The maximum atomic E-state index is 11.3. The molecule has 2 aliphatic carbocycles. The molecule has 4 heteroatoms. The molecule has 4 atom stereocenters. The van der Waals surface area contributed by atoms with E-state index in [2.05, 4.69) is 0 Å². The Morgan fingerprint density at radius 1 is 1.18 bits per heavy atom. The standard InChI is InChI=1S/C7H10O3S/c8-11(9)7-3-4-1-5(7)6(2-4)10-11/h4-7H,1-3H2/t4-,5?,6?,7?/m1/s1. The van der Waals surface area contributed by atoms with E-state index in [1.165, 1.54) is 0 Å². The predicted molar refractivity (Wildman–Crippen MR) is 38.4 cm³/mol. The van der Waals surface area contributed by atoms with E-state index in [1.807, 2.05) is 0 Å². The zero-order valence-corrected chi connectivity index (χ0v) is 6.88. The van der Waals surface area contributed by atoms with E-state index in [0.717, 1.165) is 19.3 Å². The molecule has 3 aliphatic rings. The summed E-state index contributed by atoms with van der Waals surface area (Å²) in [5.74, 6) is 0.997. The highest BCUT2D eigenvalue weighted by molar-refractivity contribution is 7.87. The van der Waals surface area contributed by atoms with Crippen LogP contribution in [0.5, 0.6) is 0 Å². The molecule has 0 radical (unpaired) electrons. The van der Waals surface area contributed by atoms with Crippen molar-refractivity contribution in [3.05, 3.63) is 0 Å². The molecule has 62 valence electrons. The van der Waals surface area contributed by atoms with Crippen LogP contribution in [0.4, 0.5) is 0 Å². The Hall–Kier alpha value is -0.0900. The van der Waals surface area contributed by atoms with Crippen molar-refractivity contribution in [1.82, 2.24) is 0 Å². The molecule has 0 aromatic heterocycles. The minimum atomic E-state index is -3.13. The van der Waals surface area contributed by atoms with Gasteiger partial charge >= 0.3 is 0 Å². The average molecular weight is 174 g/mol. The molecule has 0 aromatic carbocycles. The smallest absolute Gasteiger partial charge is 0.266 e. The van der Waals surface area contributed by atoms with Crippen molar-refractivity contribution in [2.75, 3.05) is 0 Å². The summed E-state index contributed by atoms with van der Waals surface area (Å²) in [6.45, 7) is 0. The van der Waals surface area contributed by atoms with Gasteiger partial charge in [0.05, 0.1) is 11.4 Å². The first-order valence-corrected chi connectivity index (χ1v) is 5.56. The normalized spacial score (nSPS) is 57.1. The highest BCUT2D eigenvalue weighted by Gasteiger charge is 2.59. The molecule has 3 rings (SSSR count). The van der Waals surface area contributed by atoms with Crippen LogP contribution < -0.4 is 0 Å². The molecule has 1 saturated heterocycles. The number of hydrogen-bond donors (Lipinski definition) is 0. The maximum absolute atomic E-state index is 11.3. The molecule has 0 aromatic rings. The van der Waals surface area contributed by atoms with Crippen molar-refractivity contribution in [2.24, 2.45) is 11.8 Å². The van der Waals surface area contributed by atoms with Gasteiger partial charge in [-0.05, 0) is 25.2 Å². The summed E-state index contributed by atoms with van der Waals surface area (Å²) in [4.78, 5) is 0. The Balaban J connectivity index is 2.14. The lowest BCUT2D eigenvalue weighted by molar-refractivity contribution is 0.196. The molecule has 0 N–H and O–H groups in total. The van der Waals surface area contributed by atoms with E-state index in [-0.39, 0.29) is 11.4 Å². The van der Waals surface area contributed by atoms with E-state index in [1.54, 1.807) is 0 Å². The first kappa shape index (κ1) is 6.43. The van der Waals surface area contributed by atoms with Gasteiger partial charge in [0.25, 0.3) is 10.1 Å². The first-order valence-electron chi connectivity index (χ1n) is 4.09. The van der Waals surface area contributed by atoms with Gasteiger partial charge in [0.15, 0.2) is 0 Å². The fraction of sp³-hybridized carbons (Fsp3) is 1.00. The van der Waals surface area contributed by atoms with Gasteiger partial charge in [-0.3, -0.25) is 4.18 Å². The molecule has 3 fully saturated rings. The second kappa shape index (κ2) is 1.64. The Kier molecular flexibility index (Phi) is 0.958. The van der Waals surface area contributed by atoms with Crippen LogP contribution in [0.15, 0.2) is 0 Å². The second-order valence-electron chi connectivity index (χ2n) is 3.90. The Labute approximate surface area is 65.9 Å². The molecule has 11 heavy (non-hydrogen) atoms. The third kappa shape index (κ3) is 0.649. The molecule has 0 amide bonds. The van der Waals surface area contributed by atoms with Gasteiger partial charge in [0.1, 0.15) is 0 Å². The van der Waals surface area contributed by atoms with Gasteiger partial charge in [-0.25, -0.2) is 0 Å². The van der Waals surface area contributed by atoms with E-state index in [9.17, 15) is 8.42 Å². The lowest BCUT2D eigenvalue weighted by Crippen LogP contribution is -2.21. The third-order valence-electron chi connectivity index (χ3n) is 3.32. The fourth-order valence-corrected chi connectivity index (χ4v) is 4.84. The van der Waals surface area contributed by atoms with Gasteiger partial charge in [-0.15, -0.1) is 0 Å². The minimum absolute atomic E-state index is 0.0590. The molecule has 2 bridgehead atoms. The number of hydrogen-bond acceptors (Lipinski definition) is 3. The van der Waals surface area contributed by atoms with Crippen LogP contribution in [0.3, 0.4) is 0 Å². The van der Waals surface area contributed by atoms with E-state index in [4.69, 9.17) is 4.18 Å². The minimum Gasteiger partial charge on any atom is -0.266 e. The Bertz CT molecular complexity index is 293. The summed E-state index contributed by atoms with van der Waals surface area (Å²) in [5, 5.41) is -0.133. The van der Waals surface area contributed by atoms with Crippen LogP contribution in [-0.4, -0.2) is 19.8 Å². The highest BCUT2D eigenvalue weighted by Crippen LogP contribution is 2.54. The van der Waals surface area contributed by atoms with Crippen LogP contribution >= 0.6 is 0 Å². The van der Waals surface area contributed by atoms with E-state index < -0.39 is 10.1 Å². The summed E-state index contributed by atoms with van der Waals surface area (Å²) < 4.78 is 27.5. The van der Waals surface area contributed by atoms with Gasteiger partial charge in [-0.2, -0.15) is 8.42 Å².